The van der Waals surface area contributed by atoms with Gasteiger partial charge in [0, 0.05) is 38.0 Å². The van der Waals surface area contributed by atoms with Crippen LogP contribution in [0.15, 0.2) is 47.4 Å². The molecule has 160 valence electrons. The van der Waals surface area contributed by atoms with E-state index in [0.29, 0.717) is 24.7 Å². The minimum atomic E-state index is -3.48. The van der Waals surface area contributed by atoms with Gasteiger partial charge in [0.05, 0.1) is 10.5 Å². The molecule has 0 bridgehead atoms. The van der Waals surface area contributed by atoms with Crippen molar-refractivity contribution in [2.75, 3.05) is 32.6 Å². The van der Waals surface area contributed by atoms with E-state index in [9.17, 15) is 13.2 Å². The van der Waals surface area contributed by atoms with Crippen LogP contribution in [0.4, 0.5) is 0 Å². The number of piperidine rings is 1. The lowest BCUT2D eigenvalue weighted by Crippen LogP contribution is -2.44. The number of sulfone groups is 1. The van der Waals surface area contributed by atoms with Crippen molar-refractivity contribution in [3.8, 4) is 11.5 Å². The van der Waals surface area contributed by atoms with Crippen LogP contribution in [0.1, 0.15) is 28.8 Å². The largest absolute Gasteiger partial charge is 0.486 e. The first-order valence-corrected chi connectivity index (χ1v) is 12.0. The Balaban J connectivity index is 1.43. The predicted molar refractivity (Wildman–Crippen MR) is 113 cm³/mol. The lowest BCUT2D eigenvalue weighted by Gasteiger charge is -2.32. The molecule has 2 aromatic rings. The van der Waals surface area contributed by atoms with Gasteiger partial charge in [-0.15, -0.1) is 0 Å². The minimum absolute atomic E-state index is 0.0339. The van der Waals surface area contributed by atoms with Crippen molar-refractivity contribution in [1.29, 1.82) is 0 Å². The van der Waals surface area contributed by atoms with E-state index >= 15 is 0 Å². The molecule has 0 saturated carbocycles. The number of benzene rings is 2. The van der Waals surface area contributed by atoms with Crippen LogP contribution >= 0.6 is 0 Å². The Hall–Kier alpha value is -2.58. The van der Waals surface area contributed by atoms with E-state index in [1.165, 1.54) is 17.7 Å². The van der Waals surface area contributed by atoms with Crippen LogP contribution in [-0.2, 0) is 16.4 Å². The van der Waals surface area contributed by atoms with Crippen LogP contribution in [0, 0.1) is 0 Å². The summed E-state index contributed by atoms with van der Waals surface area (Å²) < 4.78 is 35.2. The van der Waals surface area contributed by atoms with E-state index in [2.05, 4.69) is 22.3 Å². The highest BCUT2D eigenvalue weighted by molar-refractivity contribution is 7.90. The Kier molecular flexibility index (Phi) is 5.97. The van der Waals surface area contributed by atoms with Crippen LogP contribution in [0.5, 0.6) is 11.5 Å². The van der Waals surface area contributed by atoms with Gasteiger partial charge in [0.15, 0.2) is 21.3 Å². The van der Waals surface area contributed by atoms with Crippen molar-refractivity contribution in [2.45, 2.75) is 30.3 Å². The van der Waals surface area contributed by atoms with Crippen molar-refractivity contribution in [3.05, 3.63) is 53.6 Å². The predicted octanol–water partition coefficient (Wildman–Crippen LogP) is 2.26. The average Bonchev–Trinajstić information content (AvgIpc) is 2.74. The summed E-state index contributed by atoms with van der Waals surface area (Å²) in [7, 11) is -3.48. The minimum Gasteiger partial charge on any atom is -0.486 e. The standard InChI is InChI=1S/C22H26N2O5S/c1-30(26,27)18-13-19(21-20(14-18)28-11-12-29-21)22(25)23-17-7-9-24(10-8-17)15-16-5-3-2-4-6-16/h2-6,13-14,17H,7-12,15H2,1H3,(H,23,25). The number of nitrogens with one attached hydrogen (secondary N) is 1. The third-order valence-corrected chi connectivity index (χ3v) is 6.55. The molecule has 30 heavy (non-hydrogen) atoms. The number of amides is 1. The topological polar surface area (TPSA) is 84.9 Å². The van der Waals surface area contributed by atoms with Gasteiger partial charge in [0.2, 0.25) is 0 Å². The number of ether oxygens (including phenoxy) is 2. The molecule has 1 N–H and O–H groups in total. The molecule has 1 saturated heterocycles. The molecule has 0 atom stereocenters. The quantitative estimate of drug-likeness (QED) is 0.783. The van der Waals surface area contributed by atoms with Gasteiger partial charge in [0.25, 0.3) is 5.91 Å². The molecule has 2 aliphatic rings. The molecular weight excluding hydrogens is 404 g/mol. The number of hydrogen-bond donors (Lipinski definition) is 1. The van der Waals surface area contributed by atoms with E-state index < -0.39 is 9.84 Å². The second-order valence-corrected chi connectivity index (χ2v) is 9.79. The van der Waals surface area contributed by atoms with Gasteiger partial charge in [0.1, 0.15) is 13.2 Å². The van der Waals surface area contributed by atoms with Gasteiger partial charge in [-0.1, -0.05) is 30.3 Å². The molecule has 2 aliphatic heterocycles. The lowest BCUT2D eigenvalue weighted by atomic mass is 10.0. The monoisotopic (exact) mass is 430 g/mol. The highest BCUT2D eigenvalue weighted by Crippen LogP contribution is 2.36. The Morgan fingerprint density at radius 2 is 1.80 bits per heavy atom. The van der Waals surface area contributed by atoms with Crippen LogP contribution in [0.25, 0.3) is 0 Å². The highest BCUT2D eigenvalue weighted by atomic mass is 32.2. The van der Waals surface area contributed by atoms with Crippen molar-refractivity contribution in [2.24, 2.45) is 0 Å². The summed E-state index contributed by atoms with van der Waals surface area (Å²) >= 11 is 0. The van der Waals surface area contributed by atoms with Gasteiger partial charge in [-0.3, -0.25) is 9.69 Å². The second kappa shape index (κ2) is 8.65. The fraction of sp³-hybridized carbons (Fsp3) is 0.409. The third-order valence-electron chi connectivity index (χ3n) is 5.46. The molecule has 1 amide bonds. The van der Waals surface area contributed by atoms with Gasteiger partial charge < -0.3 is 14.8 Å². The Morgan fingerprint density at radius 3 is 2.50 bits per heavy atom. The zero-order valence-corrected chi connectivity index (χ0v) is 17.8. The van der Waals surface area contributed by atoms with Crippen LogP contribution in [0.3, 0.4) is 0 Å². The first-order valence-electron chi connectivity index (χ1n) is 10.1. The smallest absolute Gasteiger partial charge is 0.255 e. The third kappa shape index (κ3) is 4.76. The molecule has 7 nitrogen and oxygen atoms in total. The zero-order chi connectivity index (χ0) is 21.1. The van der Waals surface area contributed by atoms with E-state index in [0.717, 1.165) is 38.7 Å². The van der Waals surface area contributed by atoms with Crippen molar-refractivity contribution >= 4 is 15.7 Å². The molecule has 2 aromatic carbocycles. The van der Waals surface area contributed by atoms with Gasteiger partial charge >= 0.3 is 0 Å². The van der Waals surface area contributed by atoms with E-state index in [4.69, 9.17) is 9.47 Å². The highest BCUT2D eigenvalue weighted by Gasteiger charge is 2.27. The maximum absolute atomic E-state index is 13.0. The second-order valence-electron chi connectivity index (χ2n) is 7.78. The van der Waals surface area contributed by atoms with Crippen molar-refractivity contribution in [1.82, 2.24) is 10.2 Å². The number of likely N-dealkylation sites (tertiary alicyclic amines) is 1. The summed E-state index contributed by atoms with van der Waals surface area (Å²) in [6.07, 6.45) is 2.79. The van der Waals surface area contributed by atoms with E-state index in [1.807, 2.05) is 18.2 Å². The fourth-order valence-corrected chi connectivity index (χ4v) is 4.50. The Morgan fingerprint density at radius 1 is 1.10 bits per heavy atom. The summed E-state index contributed by atoms with van der Waals surface area (Å²) in [5.41, 5.74) is 1.49. The number of rotatable bonds is 5. The maximum atomic E-state index is 13.0. The molecule has 2 heterocycles. The summed E-state index contributed by atoms with van der Waals surface area (Å²) in [5.74, 6) is 0.281. The number of fused-ring (bicyclic) bond motifs is 1. The number of hydrogen-bond acceptors (Lipinski definition) is 6. The maximum Gasteiger partial charge on any atom is 0.255 e. The molecule has 1 fully saturated rings. The summed E-state index contributed by atoms with van der Waals surface area (Å²) in [4.78, 5) is 15.4. The summed E-state index contributed by atoms with van der Waals surface area (Å²) in [5, 5.41) is 3.05. The molecule has 0 radical (unpaired) electrons. The summed E-state index contributed by atoms with van der Waals surface area (Å²) in [6.45, 7) is 3.32. The Bertz CT molecular complexity index is 1020. The molecule has 0 aromatic heterocycles. The van der Waals surface area contributed by atoms with E-state index in [1.54, 1.807) is 0 Å². The fourth-order valence-electron chi connectivity index (χ4n) is 3.85. The number of carbonyl (C=O) groups excluding carboxylic acids is 1. The van der Waals surface area contributed by atoms with Crippen molar-refractivity contribution in [3.63, 3.8) is 0 Å². The lowest BCUT2D eigenvalue weighted by molar-refractivity contribution is 0.0898. The van der Waals surface area contributed by atoms with Crippen molar-refractivity contribution < 1.29 is 22.7 Å². The summed E-state index contributed by atoms with van der Waals surface area (Å²) in [6, 6.07) is 13.2. The molecule has 4 rings (SSSR count). The Labute approximate surface area is 176 Å². The molecule has 8 heteroatoms. The number of carbonyl (C=O) groups is 1. The first kappa shape index (κ1) is 20.7. The molecule has 0 spiro atoms. The normalized spacial score (nSPS) is 17.5. The van der Waals surface area contributed by atoms with Gasteiger partial charge in [-0.25, -0.2) is 8.42 Å². The van der Waals surface area contributed by atoms with Gasteiger partial charge in [-0.05, 0) is 24.5 Å². The van der Waals surface area contributed by atoms with Gasteiger partial charge in [-0.2, -0.15) is 0 Å². The SMILES string of the molecule is CS(=O)(=O)c1cc2c(c(C(=O)NC3CCN(Cc4ccccc4)CC3)c1)OCCO2. The average molecular weight is 431 g/mol. The molecular formula is C22H26N2O5S. The van der Waals surface area contributed by atoms with Crippen LogP contribution in [-0.4, -0.2) is 57.8 Å². The first-order chi connectivity index (χ1) is 14.4. The zero-order valence-electron chi connectivity index (χ0n) is 17.0. The number of nitrogens with zero attached hydrogens (tertiary/aromatic N) is 1. The van der Waals surface area contributed by atoms with E-state index in [-0.39, 0.29) is 22.4 Å². The molecule has 0 aliphatic carbocycles. The van der Waals surface area contributed by atoms with Crippen LogP contribution < -0.4 is 14.8 Å². The molecule has 0 unspecified atom stereocenters. The van der Waals surface area contributed by atoms with Crippen LogP contribution in [0.2, 0.25) is 0 Å².